The van der Waals surface area contributed by atoms with Crippen molar-refractivity contribution in [2.75, 3.05) is 5.32 Å². The number of nitrogens with zero attached hydrogens (tertiary/aromatic N) is 3. The van der Waals surface area contributed by atoms with Crippen LogP contribution in [0.3, 0.4) is 0 Å². The normalized spacial score (nSPS) is 15.7. The van der Waals surface area contributed by atoms with E-state index < -0.39 is 0 Å². The minimum atomic E-state index is 0.0975. The molecule has 2 heterocycles. The van der Waals surface area contributed by atoms with Crippen molar-refractivity contribution in [2.24, 2.45) is 5.92 Å². The summed E-state index contributed by atoms with van der Waals surface area (Å²) in [6, 6.07) is 3.78. The van der Waals surface area contributed by atoms with Gasteiger partial charge in [0.1, 0.15) is 11.6 Å². The molecule has 0 aliphatic heterocycles. The largest absolute Gasteiger partial charge is 0.325 e. The van der Waals surface area contributed by atoms with Crippen molar-refractivity contribution < 1.29 is 4.79 Å². The van der Waals surface area contributed by atoms with Crippen molar-refractivity contribution in [1.29, 1.82) is 0 Å². The Morgan fingerprint density at radius 3 is 2.73 bits per heavy atom. The van der Waals surface area contributed by atoms with E-state index in [1.54, 1.807) is 12.4 Å². The number of anilines is 1. The zero-order valence-electron chi connectivity index (χ0n) is 13.0. The third kappa shape index (κ3) is 3.53. The van der Waals surface area contributed by atoms with E-state index in [9.17, 15) is 4.79 Å². The minimum Gasteiger partial charge on any atom is -0.325 e. The van der Waals surface area contributed by atoms with Gasteiger partial charge in [0.25, 0.3) is 0 Å². The van der Waals surface area contributed by atoms with Gasteiger partial charge < -0.3 is 5.32 Å². The second kappa shape index (κ2) is 6.73. The van der Waals surface area contributed by atoms with Gasteiger partial charge in [-0.25, -0.2) is 9.97 Å². The summed E-state index contributed by atoms with van der Waals surface area (Å²) >= 11 is 0. The molecule has 1 fully saturated rings. The summed E-state index contributed by atoms with van der Waals surface area (Å²) in [4.78, 5) is 20.7. The molecule has 1 amide bonds. The maximum Gasteiger partial charge on any atom is 0.224 e. The van der Waals surface area contributed by atoms with Gasteiger partial charge in [0.05, 0.1) is 11.9 Å². The first kappa shape index (κ1) is 14.8. The molecule has 0 radical (unpaired) electrons. The Morgan fingerprint density at radius 2 is 2.09 bits per heavy atom. The molecule has 0 spiro atoms. The molecule has 0 bridgehead atoms. The van der Waals surface area contributed by atoms with Gasteiger partial charge in [-0.05, 0) is 37.8 Å². The van der Waals surface area contributed by atoms with Crippen LogP contribution in [0.5, 0.6) is 0 Å². The van der Waals surface area contributed by atoms with Crippen molar-refractivity contribution in [3.8, 4) is 5.82 Å². The Bertz CT molecular complexity index is 626. The highest BCUT2D eigenvalue weighted by Crippen LogP contribution is 2.26. The summed E-state index contributed by atoms with van der Waals surface area (Å²) in [6.45, 7) is 1.93. The first-order valence-electron chi connectivity index (χ1n) is 7.98. The third-order valence-corrected chi connectivity index (χ3v) is 4.30. The van der Waals surface area contributed by atoms with E-state index in [4.69, 9.17) is 0 Å². The maximum atomic E-state index is 12.1. The number of imidazole rings is 1. The molecule has 0 saturated heterocycles. The topological polar surface area (TPSA) is 59.8 Å². The number of pyridine rings is 1. The molecule has 3 rings (SSSR count). The summed E-state index contributed by atoms with van der Waals surface area (Å²) in [5.74, 6) is 2.34. The van der Waals surface area contributed by atoms with Crippen LogP contribution in [0.25, 0.3) is 5.82 Å². The molecule has 2 aromatic heterocycles. The van der Waals surface area contributed by atoms with E-state index in [0.29, 0.717) is 12.3 Å². The van der Waals surface area contributed by atoms with E-state index in [-0.39, 0.29) is 5.91 Å². The van der Waals surface area contributed by atoms with Gasteiger partial charge in [-0.3, -0.25) is 9.36 Å². The number of amides is 1. The molecule has 5 heteroatoms. The van der Waals surface area contributed by atoms with Crippen LogP contribution < -0.4 is 5.32 Å². The van der Waals surface area contributed by atoms with Crippen LogP contribution in [0.1, 0.15) is 44.3 Å². The molecule has 1 N–H and O–H groups in total. The van der Waals surface area contributed by atoms with Crippen LogP contribution in [0, 0.1) is 12.8 Å². The fraction of sp³-hybridized carbons (Fsp3) is 0.471. The van der Waals surface area contributed by atoms with Crippen LogP contribution in [0.15, 0.2) is 30.7 Å². The molecule has 5 nitrogen and oxygen atoms in total. The fourth-order valence-electron chi connectivity index (χ4n) is 3.09. The van der Waals surface area contributed by atoms with E-state index in [2.05, 4.69) is 15.3 Å². The number of rotatable bonds is 4. The smallest absolute Gasteiger partial charge is 0.224 e. The second-order valence-electron chi connectivity index (χ2n) is 6.01. The molecular formula is C17H22N4O. The first-order chi connectivity index (χ1) is 10.7. The van der Waals surface area contributed by atoms with Gasteiger partial charge in [0, 0.05) is 18.8 Å². The maximum absolute atomic E-state index is 12.1. The average molecular weight is 298 g/mol. The Morgan fingerprint density at radius 1 is 1.27 bits per heavy atom. The summed E-state index contributed by atoms with van der Waals surface area (Å²) < 4.78 is 1.91. The number of aromatic nitrogens is 3. The predicted octanol–water partition coefficient (Wildman–Crippen LogP) is 3.48. The van der Waals surface area contributed by atoms with Crippen molar-refractivity contribution in [3.63, 3.8) is 0 Å². The summed E-state index contributed by atoms with van der Waals surface area (Å²) in [7, 11) is 0. The third-order valence-electron chi connectivity index (χ3n) is 4.30. The second-order valence-corrected chi connectivity index (χ2v) is 6.01. The lowest BCUT2D eigenvalue weighted by atomic mass is 9.87. The highest BCUT2D eigenvalue weighted by atomic mass is 16.1. The van der Waals surface area contributed by atoms with Gasteiger partial charge >= 0.3 is 0 Å². The Kier molecular flexibility index (Phi) is 4.51. The number of carbonyl (C=O) groups is 1. The highest BCUT2D eigenvalue weighted by molar-refractivity contribution is 5.90. The van der Waals surface area contributed by atoms with Gasteiger partial charge in [-0.15, -0.1) is 0 Å². The number of nitrogens with one attached hydrogen (secondary N) is 1. The monoisotopic (exact) mass is 298 g/mol. The molecule has 0 unspecified atom stereocenters. The van der Waals surface area contributed by atoms with E-state index >= 15 is 0 Å². The van der Waals surface area contributed by atoms with Crippen LogP contribution in [0.4, 0.5) is 5.69 Å². The van der Waals surface area contributed by atoms with Gasteiger partial charge in [-0.2, -0.15) is 0 Å². The molecular weight excluding hydrogens is 276 g/mol. The lowest BCUT2D eigenvalue weighted by molar-refractivity contribution is -0.117. The molecule has 22 heavy (non-hydrogen) atoms. The van der Waals surface area contributed by atoms with Crippen LogP contribution in [-0.2, 0) is 4.79 Å². The zero-order valence-corrected chi connectivity index (χ0v) is 13.0. The predicted molar refractivity (Wildman–Crippen MR) is 85.9 cm³/mol. The van der Waals surface area contributed by atoms with Crippen LogP contribution in [-0.4, -0.2) is 20.4 Å². The number of carbonyl (C=O) groups excluding carboxylic acids is 1. The van der Waals surface area contributed by atoms with Crippen molar-refractivity contribution >= 4 is 11.6 Å². The van der Waals surface area contributed by atoms with E-state index in [1.807, 2.05) is 29.8 Å². The SMILES string of the molecule is Cc1nccn1-c1ccc(NC(=O)CC2CCCCC2)cn1. The summed E-state index contributed by atoms with van der Waals surface area (Å²) in [5.41, 5.74) is 0.752. The molecule has 1 aliphatic carbocycles. The molecule has 0 atom stereocenters. The van der Waals surface area contributed by atoms with Crippen molar-refractivity contribution in [1.82, 2.24) is 14.5 Å². The lowest BCUT2D eigenvalue weighted by Gasteiger charge is -2.20. The Balaban J connectivity index is 1.58. The zero-order chi connectivity index (χ0) is 15.4. The number of aryl methyl sites for hydroxylation is 1. The minimum absolute atomic E-state index is 0.0975. The van der Waals surface area contributed by atoms with Crippen molar-refractivity contribution in [2.45, 2.75) is 45.4 Å². The molecule has 1 saturated carbocycles. The fourth-order valence-corrected chi connectivity index (χ4v) is 3.09. The Hall–Kier alpha value is -2.17. The summed E-state index contributed by atoms with van der Waals surface area (Å²) in [5, 5.41) is 2.95. The number of hydrogen-bond donors (Lipinski definition) is 1. The van der Waals surface area contributed by atoms with E-state index in [0.717, 1.165) is 17.3 Å². The lowest BCUT2D eigenvalue weighted by Crippen LogP contribution is -2.18. The van der Waals surface area contributed by atoms with Crippen LogP contribution in [0.2, 0.25) is 0 Å². The van der Waals surface area contributed by atoms with Gasteiger partial charge in [0.15, 0.2) is 0 Å². The average Bonchev–Trinajstić information content (AvgIpc) is 2.95. The standard InChI is InChI=1S/C17H22N4O/c1-13-18-9-10-21(13)16-8-7-15(12-19-16)20-17(22)11-14-5-3-2-4-6-14/h7-10,12,14H,2-6,11H2,1H3,(H,20,22). The van der Waals surface area contributed by atoms with Crippen LogP contribution >= 0.6 is 0 Å². The molecule has 116 valence electrons. The van der Waals surface area contributed by atoms with E-state index in [1.165, 1.54) is 32.1 Å². The quantitative estimate of drug-likeness (QED) is 0.940. The van der Waals surface area contributed by atoms with Gasteiger partial charge in [0.2, 0.25) is 5.91 Å². The van der Waals surface area contributed by atoms with Gasteiger partial charge in [-0.1, -0.05) is 19.3 Å². The molecule has 2 aromatic rings. The molecule has 0 aromatic carbocycles. The van der Waals surface area contributed by atoms with Crippen molar-refractivity contribution in [3.05, 3.63) is 36.5 Å². The first-order valence-corrected chi connectivity index (χ1v) is 7.98. The molecule has 1 aliphatic rings. The Labute approximate surface area is 130 Å². The number of hydrogen-bond acceptors (Lipinski definition) is 3. The summed E-state index contributed by atoms with van der Waals surface area (Å²) in [6.07, 6.45) is 12.2. The highest BCUT2D eigenvalue weighted by Gasteiger charge is 2.17.